The molecule has 3 atom stereocenters. The number of anilines is 1. The van der Waals surface area contributed by atoms with Gasteiger partial charge in [-0.15, -0.1) is 0 Å². The normalized spacial score (nSPS) is 20.4. The number of hydrogen-bond acceptors (Lipinski definition) is 9. The number of rotatable bonds is 18. The van der Waals surface area contributed by atoms with E-state index in [0.717, 1.165) is 87.9 Å². The van der Waals surface area contributed by atoms with Gasteiger partial charge in [0.25, 0.3) is 0 Å². The van der Waals surface area contributed by atoms with Crippen LogP contribution in [0.3, 0.4) is 0 Å². The first-order chi connectivity index (χ1) is 20.6. The van der Waals surface area contributed by atoms with Crippen molar-refractivity contribution in [3.63, 3.8) is 0 Å². The zero-order valence-electron chi connectivity index (χ0n) is 26.0. The molecular formula is C33H51N3O6. The fourth-order valence-electron chi connectivity index (χ4n) is 5.65. The molecule has 9 nitrogen and oxygen atoms in total. The molecule has 0 radical (unpaired) electrons. The molecule has 2 aromatic rings. The summed E-state index contributed by atoms with van der Waals surface area (Å²) in [6.07, 6.45) is 2.83. The third-order valence-electron chi connectivity index (χ3n) is 7.82. The molecule has 0 aromatic heterocycles. The fraction of sp³-hybridized carbons (Fsp3) is 0.636. The van der Waals surface area contributed by atoms with Crippen molar-refractivity contribution in [2.45, 2.75) is 44.0 Å². The topological polar surface area (TPSA) is 73.9 Å². The minimum Gasteiger partial charge on any atom is -0.494 e. The molecule has 42 heavy (non-hydrogen) atoms. The fourth-order valence-corrected chi connectivity index (χ4v) is 5.65. The summed E-state index contributed by atoms with van der Waals surface area (Å²) >= 11 is 0. The molecule has 1 unspecified atom stereocenters. The lowest BCUT2D eigenvalue weighted by Gasteiger charge is -2.39. The highest BCUT2D eigenvalue weighted by Crippen LogP contribution is 2.35. The van der Waals surface area contributed by atoms with Gasteiger partial charge in [0.1, 0.15) is 18.1 Å². The monoisotopic (exact) mass is 585 g/mol. The van der Waals surface area contributed by atoms with E-state index in [0.29, 0.717) is 26.4 Å². The predicted molar refractivity (Wildman–Crippen MR) is 166 cm³/mol. The van der Waals surface area contributed by atoms with Gasteiger partial charge < -0.3 is 43.5 Å². The maximum atomic E-state index is 6.68. The summed E-state index contributed by atoms with van der Waals surface area (Å²) < 4.78 is 35.4. The van der Waals surface area contributed by atoms with Gasteiger partial charge in [-0.1, -0.05) is 18.2 Å². The van der Waals surface area contributed by atoms with Crippen LogP contribution in [-0.2, 0) is 25.6 Å². The second kappa shape index (κ2) is 17.7. The molecule has 234 valence electrons. The minimum atomic E-state index is -0.0313. The van der Waals surface area contributed by atoms with E-state index in [-0.39, 0.29) is 18.1 Å². The quantitative estimate of drug-likeness (QED) is 0.262. The van der Waals surface area contributed by atoms with E-state index in [2.05, 4.69) is 71.7 Å². The Labute approximate surface area is 252 Å². The first-order valence-electron chi connectivity index (χ1n) is 15.4. The SMILES string of the molecule is COCCCOc1ccc(C2[C@@H](OCc3ccc4c(c3)N(CCCOC)CCO4)CNC[C@H]2OCCCN(C)C)cc1. The van der Waals surface area contributed by atoms with Crippen LogP contribution in [0.2, 0.25) is 0 Å². The summed E-state index contributed by atoms with van der Waals surface area (Å²) in [5, 5.41) is 3.57. The molecule has 0 aliphatic carbocycles. The van der Waals surface area contributed by atoms with Crippen LogP contribution in [0.5, 0.6) is 11.5 Å². The first-order valence-corrected chi connectivity index (χ1v) is 15.4. The van der Waals surface area contributed by atoms with Crippen LogP contribution in [-0.4, -0.2) is 111 Å². The summed E-state index contributed by atoms with van der Waals surface area (Å²) in [5.41, 5.74) is 3.50. The molecule has 0 saturated carbocycles. The van der Waals surface area contributed by atoms with E-state index < -0.39 is 0 Å². The number of fused-ring (bicyclic) bond motifs is 1. The minimum absolute atomic E-state index is 0.0209. The number of piperidine rings is 1. The van der Waals surface area contributed by atoms with Crippen molar-refractivity contribution >= 4 is 5.69 Å². The van der Waals surface area contributed by atoms with E-state index >= 15 is 0 Å². The second-order valence-corrected chi connectivity index (χ2v) is 11.3. The third kappa shape index (κ3) is 9.82. The lowest BCUT2D eigenvalue weighted by atomic mass is 9.85. The summed E-state index contributed by atoms with van der Waals surface area (Å²) in [7, 11) is 7.66. The van der Waals surface area contributed by atoms with Crippen molar-refractivity contribution in [3.05, 3.63) is 53.6 Å². The summed E-state index contributed by atoms with van der Waals surface area (Å²) in [6, 6.07) is 14.9. The molecule has 4 rings (SSSR count). The Morgan fingerprint density at radius 1 is 0.881 bits per heavy atom. The Kier molecular flexibility index (Phi) is 13.7. The highest BCUT2D eigenvalue weighted by atomic mass is 16.5. The molecule has 0 spiro atoms. The lowest BCUT2D eigenvalue weighted by Crippen LogP contribution is -2.50. The van der Waals surface area contributed by atoms with Crippen LogP contribution in [0, 0.1) is 0 Å². The van der Waals surface area contributed by atoms with Crippen LogP contribution in [0.15, 0.2) is 42.5 Å². The molecule has 0 bridgehead atoms. The van der Waals surface area contributed by atoms with Crippen LogP contribution in [0.25, 0.3) is 0 Å². The molecular weight excluding hydrogens is 534 g/mol. The lowest BCUT2D eigenvalue weighted by molar-refractivity contribution is -0.0607. The van der Waals surface area contributed by atoms with Gasteiger partial charge in [-0.25, -0.2) is 0 Å². The van der Waals surface area contributed by atoms with Gasteiger partial charge in [0.2, 0.25) is 0 Å². The van der Waals surface area contributed by atoms with E-state index in [9.17, 15) is 0 Å². The van der Waals surface area contributed by atoms with Crippen molar-refractivity contribution in [1.29, 1.82) is 0 Å². The number of ether oxygens (including phenoxy) is 6. The van der Waals surface area contributed by atoms with Gasteiger partial charge in [0, 0.05) is 66.0 Å². The van der Waals surface area contributed by atoms with Crippen molar-refractivity contribution < 1.29 is 28.4 Å². The largest absolute Gasteiger partial charge is 0.494 e. The van der Waals surface area contributed by atoms with Crippen molar-refractivity contribution in [1.82, 2.24) is 10.2 Å². The zero-order valence-corrected chi connectivity index (χ0v) is 26.0. The number of nitrogens with zero attached hydrogens (tertiary/aromatic N) is 2. The second-order valence-electron chi connectivity index (χ2n) is 11.3. The van der Waals surface area contributed by atoms with Gasteiger partial charge in [0.15, 0.2) is 0 Å². The maximum Gasteiger partial charge on any atom is 0.142 e. The first kappa shape index (κ1) is 32.5. The Bertz CT molecular complexity index is 1040. The van der Waals surface area contributed by atoms with Gasteiger partial charge in [-0.2, -0.15) is 0 Å². The Balaban J connectivity index is 1.44. The van der Waals surface area contributed by atoms with Crippen LogP contribution >= 0.6 is 0 Å². The number of benzene rings is 2. The van der Waals surface area contributed by atoms with Crippen molar-refractivity contribution in [2.75, 3.05) is 99.0 Å². The highest BCUT2D eigenvalue weighted by molar-refractivity contribution is 5.61. The summed E-state index contributed by atoms with van der Waals surface area (Å²) in [6.45, 7) is 8.45. The molecule has 2 aliphatic heterocycles. The van der Waals surface area contributed by atoms with Crippen molar-refractivity contribution in [3.8, 4) is 11.5 Å². The van der Waals surface area contributed by atoms with E-state index in [1.165, 1.54) is 5.56 Å². The van der Waals surface area contributed by atoms with Crippen LogP contribution < -0.4 is 19.7 Å². The van der Waals surface area contributed by atoms with Crippen LogP contribution in [0.4, 0.5) is 5.69 Å². The number of nitrogens with one attached hydrogen (secondary N) is 1. The number of hydrogen-bond donors (Lipinski definition) is 1. The van der Waals surface area contributed by atoms with E-state index in [1.807, 2.05) is 0 Å². The van der Waals surface area contributed by atoms with E-state index in [4.69, 9.17) is 28.4 Å². The smallest absolute Gasteiger partial charge is 0.142 e. The van der Waals surface area contributed by atoms with Crippen molar-refractivity contribution in [2.24, 2.45) is 0 Å². The van der Waals surface area contributed by atoms with Gasteiger partial charge in [-0.05, 0) is 68.9 Å². The highest BCUT2D eigenvalue weighted by Gasteiger charge is 2.36. The Morgan fingerprint density at radius 3 is 2.40 bits per heavy atom. The Hall–Kier alpha value is -2.40. The molecule has 1 fully saturated rings. The molecule has 1 saturated heterocycles. The zero-order chi connectivity index (χ0) is 29.6. The molecule has 2 aromatic carbocycles. The maximum absolute atomic E-state index is 6.68. The number of methoxy groups -OCH3 is 2. The summed E-state index contributed by atoms with van der Waals surface area (Å²) in [5.74, 6) is 1.92. The standard InChI is InChI=1S/C33H51N3O6/c1-35(2)14-5-19-40-31-23-34-24-32(33(31)27-9-11-28(12-10-27)39-20-7-18-38-4)42-25-26-8-13-30-29(22-26)36(16-21-41-30)15-6-17-37-3/h8-13,22,31-34H,5-7,14-21,23-25H2,1-4H3/t31-,32+,33?/m1/s1. The molecule has 0 amide bonds. The average molecular weight is 586 g/mol. The molecule has 9 heteroatoms. The van der Waals surface area contributed by atoms with Crippen LogP contribution in [0.1, 0.15) is 36.3 Å². The average Bonchev–Trinajstić information content (AvgIpc) is 3.01. The predicted octanol–water partition coefficient (Wildman–Crippen LogP) is 3.95. The Morgan fingerprint density at radius 2 is 1.64 bits per heavy atom. The van der Waals surface area contributed by atoms with Gasteiger partial charge in [-0.3, -0.25) is 0 Å². The van der Waals surface area contributed by atoms with Gasteiger partial charge in [0.05, 0.1) is 37.7 Å². The molecule has 2 aliphatic rings. The summed E-state index contributed by atoms with van der Waals surface area (Å²) in [4.78, 5) is 4.59. The third-order valence-corrected chi connectivity index (χ3v) is 7.82. The van der Waals surface area contributed by atoms with E-state index in [1.54, 1.807) is 14.2 Å². The van der Waals surface area contributed by atoms with Gasteiger partial charge >= 0.3 is 0 Å². The molecule has 2 heterocycles. The molecule has 1 N–H and O–H groups in total.